The van der Waals surface area contributed by atoms with Crippen molar-refractivity contribution in [2.75, 3.05) is 0 Å². The maximum absolute atomic E-state index is 13.5. The zero-order valence-electron chi connectivity index (χ0n) is 17.5. The molecule has 8 heteroatoms. The maximum atomic E-state index is 13.5. The Labute approximate surface area is 195 Å². The van der Waals surface area contributed by atoms with Crippen LogP contribution >= 0.6 is 11.3 Å². The number of nitrogens with zero attached hydrogens (tertiary/aromatic N) is 1. The average molecular weight is 479 g/mol. The van der Waals surface area contributed by atoms with Gasteiger partial charge in [0.1, 0.15) is 10.5 Å². The Morgan fingerprint density at radius 1 is 0.941 bits per heavy atom. The van der Waals surface area contributed by atoms with E-state index in [1.54, 1.807) is 6.07 Å². The number of thiazole rings is 1. The molecule has 0 saturated heterocycles. The van der Waals surface area contributed by atoms with Crippen molar-refractivity contribution in [3.05, 3.63) is 111 Å². The molecule has 0 radical (unpaired) electrons. The van der Waals surface area contributed by atoms with Gasteiger partial charge in [-0.3, -0.25) is 9.20 Å². The van der Waals surface area contributed by atoms with Crippen LogP contribution in [0.4, 0.5) is 13.2 Å². The van der Waals surface area contributed by atoms with Crippen LogP contribution in [0.1, 0.15) is 27.2 Å². The van der Waals surface area contributed by atoms with Gasteiger partial charge in [-0.1, -0.05) is 54.6 Å². The first-order chi connectivity index (χ1) is 16.2. The highest BCUT2D eigenvalue weighted by Crippen LogP contribution is 2.37. The second-order valence-corrected chi connectivity index (χ2v) is 8.70. The predicted molar refractivity (Wildman–Crippen MR) is 126 cm³/mol. The van der Waals surface area contributed by atoms with Gasteiger partial charge in [0.05, 0.1) is 5.56 Å². The number of pyridine rings is 1. The summed E-state index contributed by atoms with van der Waals surface area (Å²) >= 11 is 1.02. The first-order valence-corrected chi connectivity index (χ1v) is 11.2. The molecule has 1 N–H and O–H groups in total. The number of hydrogen-bond donors (Lipinski definition) is 1. The van der Waals surface area contributed by atoms with Crippen LogP contribution in [-0.4, -0.2) is 15.5 Å². The third-order valence-electron chi connectivity index (χ3n) is 5.74. The summed E-state index contributed by atoms with van der Waals surface area (Å²) in [5.41, 5.74) is 0.525. The molecule has 0 atom stereocenters. The minimum atomic E-state index is -4.54. The van der Waals surface area contributed by atoms with Crippen molar-refractivity contribution in [3.63, 3.8) is 0 Å². The smallest absolute Gasteiger partial charge is 0.416 e. The van der Waals surface area contributed by atoms with Gasteiger partial charge >= 0.3 is 12.1 Å². The maximum Gasteiger partial charge on any atom is 0.416 e. The highest BCUT2D eigenvalue weighted by atomic mass is 32.1. The number of fused-ring (bicyclic) bond motifs is 2. The highest BCUT2D eigenvalue weighted by molar-refractivity contribution is 7.16. The van der Waals surface area contributed by atoms with Crippen LogP contribution in [0, 0.1) is 0 Å². The SMILES string of the molecule is O=C(O)c1csc2c(-c3cccc(C(F)(F)F)c3)c(Cc3cccc4ccccc34)cc(=O)n12. The molecule has 0 aliphatic heterocycles. The zero-order chi connectivity index (χ0) is 24.0. The number of benzene rings is 3. The molecule has 0 amide bonds. The molecule has 2 aromatic heterocycles. The lowest BCUT2D eigenvalue weighted by atomic mass is 9.93. The third-order valence-corrected chi connectivity index (χ3v) is 6.69. The number of rotatable bonds is 4. The van der Waals surface area contributed by atoms with Gasteiger partial charge in [-0.15, -0.1) is 11.3 Å². The summed E-state index contributed by atoms with van der Waals surface area (Å²) < 4.78 is 41.4. The van der Waals surface area contributed by atoms with Crippen molar-refractivity contribution in [2.24, 2.45) is 0 Å². The summed E-state index contributed by atoms with van der Waals surface area (Å²) in [6, 6.07) is 19.7. The summed E-state index contributed by atoms with van der Waals surface area (Å²) in [5.74, 6) is -1.29. The lowest BCUT2D eigenvalue weighted by Crippen LogP contribution is -2.18. The Bertz CT molecular complexity index is 1630. The minimum absolute atomic E-state index is 0.227. The summed E-state index contributed by atoms with van der Waals surface area (Å²) in [4.78, 5) is 24.9. The lowest BCUT2D eigenvalue weighted by molar-refractivity contribution is -0.137. The normalized spacial score (nSPS) is 11.9. The standard InChI is InChI=1S/C26H16F3NO3S/c27-26(28,29)19-9-4-8-17(12-19)23-18(11-16-7-3-6-15-5-1-2-10-20(15)16)13-22(31)30-21(25(32)33)14-34-24(23)30/h1-10,12-14H,11H2,(H,32,33). The van der Waals surface area contributed by atoms with Gasteiger partial charge in [-0.05, 0) is 46.0 Å². The van der Waals surface area contributed by atoms with E-state index in [9.17, 15) is 27.9 Å². The minimum Gasteiger partial charge on any atom is -0.477 e. The third kappa shape index (κ3) is 3.76. The average Bonchev–Trinajstić information content (AvgIpc) is 3.25. The Morgan fingerprint density at radius 2 is 1.68 bits per heavy atom. The number of hydrogen-bond acceptors (Lipinski definition) is 3. The van der Waals surface area contributed by atoms with Crippen LogP contribution in [0.5, 0.6) is 0 Å². The number of aromatic nitrogens is 1. The second-order valence-electron chi connectivity index (χ2n) is 7.84. The van der Waals surface area contributed by atoms with E-state index in [2.05, 4.69) is 0 Å². The van der Waals surface area contributed by atoms with Crippen molar-refractivity contribution in [2.45, 2.75) is 12.6 Å². The van der Waals surface area contributed by atoms with Gasteiger partial charge in [0.25, 0.3) is 5.56 Å². The molecule has 34 heavy (non-hydrogen) atoms. The van der Waals surface area contributed by atoms with E-state index in [-0.39, 0.29) is 11.3 Å². The molecule has 170 valence electrons. The quantitative estimate of drug-likeness (QED) is 0.321. The van der Waals surface area contributed by atoms with E-state index >= 15 is 0 Å². The largest absolute Gasteiger partial charge is 0.477 e. The molecule has 0 spiro atoms. The summed E-state index contributed by atoms with van der Waals surface area (Å²) in [7, 11) is 0. The van der Waals surface area contributed by atoms with Crippen LogP contribution < -0.4 is 5.56 Å². The topological polar surface area (TPSA) is 58.8 Å². The molecule has 2 heterocycles. The van der Waals surface area contributed by atoms with Crippen molar-refractivity contribution in [1.82, 2.24) is 4.40 Å². The summed E-state index contributed by atoms with van der Waals surface area (Å²) in [6.45, 7) is 0. The van der Waals surface area contributed by atoms with Crippen molar-refractivity contribution in [3.8, 4) is 11.1 Å². The first kappa shape index (κ1) is 21.9. The summed E-state index contributed by atoms with van der Waals surface area (Å²) in [5, 5.41) is 12.8. The van der Waals surface area contributed by atoms with E-state index in [4.69, 9.17) is 0 Å². The molecule has 0 fully saturated rings. The van der Waals surface area contributed by atoms with Crippen LogP contribution in [0.25, 0.3) is 26.7 Å². The van der Waals surface area contributed by atoms with Crippen LogP contribution in [-0.2, 0) is 12.6 Å². The van der Waals surface area contributed by atoms with E-state index < -0.39 is 23.3 Å². The predicted octanol–water partition coefficient (Wildman–Crippen LogP) is 6.49. The van der Waals surface area contributed by atoms with E-state index in [0.29, 0.717) is 22.4 Å². The second kappa shape index (κ2) is 8.14. The van der Waals surface area contributed by atoms with Gasteiger partial charge in [-0.2, -0.15) is 13.2 Å². The molecule has 0 unspecified atom stereocenters. The van der Waals surface area contributed by atoms with Crippen LogP contribution in [0.2, 0.25) is 0 Å². The van der Waals surface area contributed by atoms with Crippen molar-refractivity contribution >= 4 is 32.9 Å². The van der Waals surface area contributed by atoms with E-state index in [1.807, 2.05) is 42.5 Å². The molecule has 4 nitrogen and oxygen atoms in total. The Balaban J connectivity index is 1.80. The molecule has 0 bridgehead atoms. The molecule has 0 aliphatic carbocycles. The number of carboxylic acids is 1. The fraction of sp³-hybridized carbons (Fsp3) is 0.0769. The monoisotopic (exact) mass is 479 g/mol. The molecular weight excluding hydrogens is 463 g/mol. The molecule has 0 aliphatic rings. The van der Waals surface area contributed by atoms with Crippen LogP contribution in [0.3, 0.4) is 0 Å². The molecule has 3 aromatic carbocycles. The summed E-state index contributed by atoms with van der Waals surface area (Å²) in [6.07, 6.45) is -4.25. The van der Waals surface area contributed by atoms with E-state index in [0.717, 1.165) is 44.2 Å². The van der Waals surface area contributed by atoms with Gasteiger partial charge in [0.15, 0.2) is 0 Å². The molecule has 0 saturated carbocycles. The number of alkyl halides is 3. The first-order valence-electron chi connectivity index (χ1n) is 10.3. The molecule has 5 aromatic rings. The van der Waals surface area contributed by atoms with Crippen molar-refractivity contribution < 1.29 is 23.1 Å². The number of halogens is 3. The Morgan fingerprint density at radius 3 is 2.44 bits per heavy atom. The fourth-order valence-corrected chi connectivity index (χ4v) is 5.33. The Kier molecular flexibility index (Phi) is 5.25. The van der Waals surface area contributed by atoms with Gasteiger partial charge in [0, 0.05) is 17.0 Å². The number of aromatic carboxylic acids is 1. The van der Waals surface area contributed by atoms with Gasteiger partial charge < -0.3 is 5.11 Å². The van der Waals surface area contributed by atoms with Gasteiger partial charge in [0.2, 0.25) is 0 Å². The van der Waals surface area contributed by atoms with Crippen LogP contribution in [0.15, 0.2) is 83.0 Å². The Hall–Kier alpha value is -3.91. The van der Waals surface area contributed by atoms with E-state index in [1.165, 1.54) is 17.5 Å². The van der Waals surface area contributed by atoms with Gasteiger partial charge in [-0.25, -0.2) is 4.79 Å². The fourth-order valence-electron chi connectivity index (χ4n) is 4.24. The molecule has 5 rings (SSSR count). The molecular formula is C26H16F3NO3S. The lowest BCUT2D eigenvalue weighted by Gasteiger charge is -2.15. The number of carboxylic acid groups (broad SMARTS) is 1. The highest BCUT2D eigenvalue weighted by Gasteiger charge is 2.31. The zero-order valence-corrected chi connectivity index (χ0v) is 18.3. The number of carbonyl (C=O) groups is 1. The van der Waals surface area contributed by atoms with Crippen molar-refractivity contribution in [1.29, 1.82) is 0 Å².